The Morgan fingerprint density at radius 2 is 2.18 bits per heavy atom. The van der Waals surface area contributed by atoms with Crippen LogP contribution in [0, 0.1) is 0 Å². The quantitative estimate of drug-likeness (QED) is 0.655. The zero-order valence-corrected chi connectivity index (χ0v) is 17.7. The molecular weight excluding hydrogens is 370 g/mol. The number of aromatic nitrogens is 3. The molecule has 4 rings (SSSR count). The van der Waals surface area contributed by atoms with Crippen LogP contribution in [0.15, 0.2) is 29.8 Å². The van der Waals surface area contributed by atoms with Gasteiger partial charge in [0.1, 0.15) is 0 Å². The lowest BCUT2D eigenvalue weighted by molar-refractivity contribution is 0.0943. The Labute approximate surface area is 169 Å². The average molecular weight is 398 g/mol. The van der Waals surface area contributed by atoms with Crippen LogP contribution >= 0.6 is 11.3 Å². The van der Waals surface area contributed by atoms with Crippen LogP contribution in [-0.2, 0) is 0 Å². The number of pyridine rings is 1. The van der Waals surface area contributed by atoms with Gasteiger partial charge < -0.3 is 10.2 Å². The van der Waals surface area contributed by atoms with Gasteiger partial charge in [-0.3, -0.25) is 4.79 Å². The minimum atomic E-state index is -0.0546. The summed E-state index contributed by atoms with van der Waals surface area (Å²) in [5.74, 6) is 0.424. The summed E-state index contributed by atoms with van der Waals surface area (Å²) in [5.41, 5.74) is 2.51. The molecule has 0 spiro atoms. The van der Waals surface area contributed by atoms with Crippen LogP contribution in [0.4, 0.5) is 0 Å². The largest absolute Gasteiger partial charge is 0.350 e. The molecule has 1 fully saturated rings. The summed E-state index contributed by atoms with van der Waals surface area (Å²) in [5, 5.41) is 10.5. The highest BCUT2D eigenvalue weighted by molar-refractivity contribution is 7.10. The van der Waals surface area contributed by atoms with Gasteiger partial charge in [-0.1, -0.05) is 6.07 Å². The molecule has 28 heavy (non-hydrogen) atoms. The maximum atomic E-state index is 13.1. The molecule has 1 saturated carbocycles. The zero-order valence-electron chi connectivity index (χ0n) is 16.8. The molecule has 7 heteroatoms. The molecule has 3 heterocycles. The smallest absolute Gasteiger partial charge is 0.252 e. The molecular formula is C21H27N5OS. The summed E-state index contributed by atoms with van der Waals surface area (Å²) in [7, 11) is 4.08. The lowest BCUT2D eigenvalue weighted by Gasteiger charge is -2.23. The standard InChI is InChI=1S/C21H27N5OS/c1-13(2)26-20-16(11-23-26)15(10-17(24-20)14-7-8-14)21(27)22-12-18(25(3)4)19-6-5-9-28-19/h5-6,9-11,13-14,18H,7-8,12H2,1-4H3,(H,22,27). The van der Waals surface area contributed by atoms with Crippen molar-refractivity contribution in [1.29, 1.82) is 0 Å². The normalized spacial score (nSPS) is 15.5. The first-order valence-corrected chi connectivity index (χ1v) is 10.7. The van der Waals surface area contributed by atoms with Crippen LogP contribution in [0.25, 0.3) is 11.0 Å². The highest BCUT2D eigenvalue weighted by atomic mass is 32.1. The van der Waals surface area contributed by atoms with Crippen LogP contribution in [0.1, 0.15) is 65.6 Å². The summed E-state index contributed by atoms with van der Waals surface area (Å²) in [4.78, 5) is 21.4. The minimum Gasteiger partial charge on any atom is -0.350 e. The van der Waals surface area contributed by atoms with Crippen LogP contribution in [0.5, 0.6) is 0 Å². The SMILES string of the molecule is CC(C)n1ncc2c(C(=O)NCC(c3cccs3)N(C)C)cc(C3CC3)nc21. The first-order valence-electron chi connectivity index (χ1n) is 9.82. The van der Waals surface area contributed by atoms with E-state index in [1.165, 1.54) is 4.88 Å². The molecule has 1 atom stereocenters. The second kappa shape index (κ2) is 7.64. The van der Waals surface area contributed by atoms with E-state index in [-0.39, 0.29) is 18.0 Å². The van der Waals surface area contributed by atoms with Crippen molar-refractivity contribution in [3.8, 4) is 0 Å². The summed E-state index contributed by atoms with van der Waals surface area (Å²) in [6.45, 7) is 4.73. The van der Waals surface area contributed by atoms with Gasteiger partial charge in [0.25, 0.3) is 5.91 Å². The number of rotatable bonds is 7. The Hall–Kier alpha value is -2.25. The van der Waals surface area contributed by atoms with Gasteiger partial charge >= 0.3 is 0 Å². The monoisotopic (exact) mass is 397 g/mol. The van der Waals surface area contributed by atoms with Crippen LogP contribution in [0.2, 0.25) is 0 Å². The molecule has 0 aromatic carbocycles. The maximum Gasteiger partial charge on any atom is 0.252 e. The number of hydrogen-bond acceptors (Lipinski definition) is 5. The number of carbonyl (C=O) groups is 1. The van der Waals surface area contributed by atoms with E-state index in [2.05, 4.69) is 40.6 Å². The van der Waals surface area contributed by atoms with E-state index in [0.29, 0.717) is 18.0 Å². The van der Waals surface area contributed by atoms with Crippen LogP contribution in [0.3, 0.4) is 0 Å². The van der Waals surface area contributed by atoms with E-state index in [1.54, 1.807) is 17.5 Å². The number of carbonyl (C=O) groups excluding carboxylic acids is 1. The molecule has 0 aliphatic heterocycles. The topological polar surface area (TPSA) is 63.1 Å². The molecule has 1 aliphatic rings. The van der Waals surface area contributed by atoms with Gasteiger partial charge in [-0.15, -0.1) is 11.3 Å². The van der Waals surface area contributed by atoms with Crippen molar-refractivity contribution in [2.24, 2.45) is 0 Å². The molecule has 0 bridgehead atoms. The Bertz CT molecular complexity index is 972. The fourth-order valence-corrected chi connectivity index (χ4v) is 4.42. The van der Waals surface area contributed by atoms with E-state index >= 15 is 0 Å². The molecule has 1 unspecified atom stereocenters. The second-order valence-electron chi connectivity index (χ2n) is 7.99. The predicted molar refractivity (Wildman–Crippen MR) is 113 cm³/mol. The molecule has 0 saturated heterocycles. The number of hydrogen-bond donors (Lipinski definition) is 1. The fraction of sp³-hybridized carbons (Fsp3) is 0.476. The number of fused-ring (bicyclic) bond motifs is 1. The first kappa shape index (κ1) is 19.1. The fourth-order valence-electron chi connectivity index (χ4n) is 3.49. The van der Waals surface area contributed by atoms with Crippen molar-refractivity contribution in [1.82, 2.24) is 25.0 Å². The van der Waals surface area contributed by atoms with Crippen molar-refractivity contribution >= 4 is 28.3 Å². The molecule has 1 aliphatic carbocycles. The van der Waals surface area contributed by atoms with E-state index < -0.39 is 0 Å². The molecule has 0 radical (unpaired) electrons. The van der Waals surface area contributed by atoms with E-state index in [9.17, 15) is 4.79 Å². The summed E-state index contributed by atoms with van der Waals surface area (Å²) in [6, 6.07) is 6.49. The predicted octanol–water partition coefficient (Wildman–Crippen LogP) is 3.98. The van der Waals surface area contributed by atoms with Gasteiger partial charge in [0.05, 0.1) is 23.2 Å². The van der Waals surface area contributed by atoms with Gasteiger partial charge in [-0.2, -0.15) is 5.10 Å². The Balaban J connectivity index is 1.63. The highest BCUT2D eigenvalue weighted by Gasteiger charge is 2.28. The number of thiophene rings is 1. The van der Waals surface area contributed by atoms with Gasteiger partial charge in [-0.25, -0.2) is 9.67 Å². The van der Waals surface area contributed by atoms with Crippen molar-refractivity contribution in [3.05, 3.63) is 45.9 Å². The van der Waals surface area contributed by atoms with Crippen LogP contribution < -0.4 is 5.32 Å². The first-order chi connectivity index (χ1) is 13.5. The zero-order chi connectivity index (χ0) is 19.8. The van der Waals surface area contributed by atoms with E-state index in [4.69, 9.17) is 4.98 Å². The van der Waals surface area contributed by atoms with E-state index in [1.807, 2.05) is 30.9 Å². The van der Waals surface area contributed by atoms with Crippen molar-refractivity contribution < 1.29 is 4.79 Å². The average Bonchev–Trinajstić information content (AvgIpc) is 3.19. The van der Waals surface area contributed by atoms with Gasteiger partial charge in [0.2, 0.25) is 0 Å². The number of amides is 1. The number of likely N-dealkylation sites (N-methyl/N-ethyl adjacent to an activating group) is 1. The van der Waals surface area contributed by atoms with Crippen molar-refractivity contribution in [3.63, 3.8) is 0 Å². The Kier molecular flexibility index (Phi) is 5.21. The molecule has 148 valence electrons. The van der Waals surface area contributed by atoms with Gasteiger partial charge in [-0.05, 0) is 58.3 Å². The molecule has 3 aromatic heterocycles. The molecule has 1 amide bonds. The van der Waals surface area contributed by atoms with Crippen molar-refractivity contribution in [2.45, 2.75) is 44.7 Å². The third kappa shape index (κ3) is 3.69. The van der Waals surface area contributed by atoms with E-state index in [0.717, 1.165) is 29.6 Å². The Morgan fingerprint density at radius 1 is 1.39 bits per heavy atom. The molecule has 6 nitrogen and oxygen atoms in total. The maximum absolute atomic E-state index is 13.1. The summed E-state index contributed by atoms with van der Waals surface area (Å²) < 4.78 is 1.91. The molecule has 3 aromatic rings. The third-order valence-corrected chi connectivity index (χ3v) is 6.24. The Morgan fingerprint density at radius 3 is 2.79 bits per heavy atom. The number of nitrogens with zero attached hydrogens (tertiary/aromatic N) is 4. The van der Waals surface area contributed by atoms with Gasteiger partial charge in [0.15, 0.2) is 5.65 Å². The minimum absolute atomic E-state index is 0.0546. The number of nitrogens with one attached hydrogen (secondary N) is 1. The molecule has 1 N–H and O–H groups in total. The second-order valence-corrected chi connectivity index (χ2v) is 8.97. The summed E-state index contributed by atoms with van der Waals surface area (Å²) in [6.07, 6.45) is 4.07. The van der Waals surface area contributed by atoms with Gasteiger partial charge in [0, 0.05) is 29.1 Å². The van der Waals surface area contributed by atoms with Crippen LogP contribution in [-0.4, -0.2) is 46.2 Å². The van der Waals surface area contributed by atoms with Crippen molar-refractivity contribution in [2.75, 3.05) is 20.6 Å². The lowest BCUT2D eigenvalue weighted by atomic mass is 10.1. The lowest BCUT2D eigenvalue weighted by Crippen LogP contribution is -2.34. The third-order valence-electron chi connectivity index (χ3n) is 5.27. The highest BCUT2D eigenvalue weighted by Crippen LogP contribution is 2.40. The summed E-state index contributed by atoms with van der Waals surface area (Å²) >= 11 is 1.71.